The minimum atomic E-state index is -0.0788. The highest BCUT2D eigenvalue weighted by molar-refractivity contribution is 6.33. The van der Waals surface area contributed by atoms with E-state index in [2.05, 4.69) is 19.2 Å². The van der Waals surface area contributed by atoms with Gasteiger partial charge in [-0.1, -0.05) is 37.6 Å². The third-order valence-corrected chi connectivity index (χ3v) is 4.32. The molecule has 3 nitrogen and oxygen atoms in total. The zero-order chi connectivity index (χ0) is 14.5. The maximum Gasteiger partial charge on any atom is 0.244 e. The van der Waals surface area contributed by atoms with Gasteiger partial charge >= 0.3 is 0 Å². The first kappa shape index (κ1) is 15.3. The Morgan fingerprint density at radius 3 is 2.70 bits per heavy atom. The van der Waals surface area contributed by atoms with Gasteiger partial charge in [0.1, 0.15) is 0 Å². The molecule has 1 aromatic rings. The van der Waals surface area contributed by atoms with Crippen LogP contribution in [0.15, 0.2) is 24.3 Å². The van der Waals surface area contributed by atoms with Gasteiger partial charge in [0.15, 0.2) is 0 Å². The van der Waals surface area contributed by atoms with E-state index in [1.54, 1.807) is 0 Å². The van der Waals surface area contributed by atoms with Gasteiger partial charge in [0.05, 0.1) is 16.8 Å². The number of nitrogens with one attached hydrogen (secondary N) is 1. The fraction of sp³-hybridized carbons (Fsp3) is 0.562. The summed E-state index contributed by atoms with van der Waals surface area (Å²) in [6, 6.07) is 7.90. The van der Waals surface area contributed by atoms with Crippen molar-refractivity contribution in [1.29, 1.82) is 0 Å². The summed E-state index contributed by atoms with van der Waals surface area (Å²) in [5.74, 6) is 0.149. The highest BCUT2D eigenvalue weighted by Crippen LogP contribution is 2.28. The quantitative estimate of drug-likeness (QED) is 0.900. The fourth-order valence-corrected chi connectivity index (χ4v) is 2.99. The van der Waals surface area contributed by atoms with Crippen LogP contribution < -0.4 is 10.2 Å². The van der Waals surface area contributed by atoms with Crippen LogP contribution in [0.25, 0.3) is 0 Å². The lowest BCUT2D eigenvalue weighted by Gasteiger charge is -2.35. The number of carbonyl (C=O) groups is 1. The molecule has 20 heavy (non-hydrogen) atoms. The van der Waals surface area contributed by atoms with Crippen LogP contribution in [0.1, 0.15) is 39.5 Å². The highest BCUT2D eigenvalue weighted by atomic mass is 35.5. The van der Waals surface area contributed by atoms with Crippen molar-refractivity contribution >= 4 is 23.2 Å². The summed E-state index contributed by atoms with van der Waals surface area (Å²) in [6.07, 6.45) is 4.02. The van der Waals surface area contributed by atoms with E-state index in [0.717, 1.165) is 37.9 Å². The molecule has 0 aromatic heterocycles. The number of nitrogens with zero attached hydrogens (tertiary/aromatic N) is 1. The molecule has 0 spiro atoms. The summed E-state index contributed by atoms with van der Waals surface area (Å²) in [7, 11) is 0. The molecule has 1 heterocycles. The number of benzene rings is 1. The number of piperidine rings is 1. The maximum atomic E-state index is 12.7. The SMILES string of the molecule is CCC(CC)N[C@H]1CCCN(c2ccccc2Cl)C1=O. The van der Waals surface area contributed by atoms with E-state index in [1.165, 1.54) is 0 Å². The van der Waals surface area contributed by atoms with Crippen LogP contribution in [0.2, 0.25) is 5.02 Å². The fourth-order valence-electron chi connectivity index (χ4n) is 2.75. The van der Waals surface area contributed by atoms with Gasteiger partial charge in [0.2, 0.25) is 5.91 Å². The Morgan fingerprint density at radius 1 is 1.35 bits per heavy atom. The predicted molar refractivity (Wildman–Crippen MR) is 84.3 cm³/mol. The van der Waals surface area contributed by atoms with E-state index in [9.17, 15) is 4.79 Å². The number of amides is 1. The Kier molecular flexibility index (Phi) is 5.44. The molecule has 4 heteroatoms. The number of carbonyl (C=O) groups excluding carboxylic acids is 1. The molecule has 1 N–H and O–H groups in total. The summed E-state index contributed by atoms with van der Waals surface area (Å²) < 4.78 is 0. The summed E-state index contributed by atoms with van der Waals surface area (Å²) in [5.41, 5.74) is 0.829. The number of para-hydroxylation sites is 1. The van der Waals surface area contributed by atoms with Gasteiger partial charge in [-0.25, -0.2) is 0 Å². The molecular weight excluding hydrogens is 272 g/mol. The van der Waals surface area contributed by atoms with E-state index in [-0.39, 0.29) is 11.9 Å². The molecule has 1 amide bonds. The van der Waals surface area contributed by atoms with Gasteiger partial charge in [-0.2, -0.15) is 0 Å². The number of hydrogen-bond donors (Lipinski definition) is 1. The zero-order valence-corrected chi connectivity index (χ0v) is 13.0. The van der Waals surface area contributed by atoms with Crippen molar-refractivity contribution in [2.45, 2.75) is 51.6 Å². The lowest BCUT2D eigenvalue weighted by Crippen LogP contribution is -2.53. The first-order chi connectivity index (χ1) is 9.67. The van der Waals surface area contributed by atoms with Crippen molar-refractivity contribution in [2.75, 3.05) is 11.4 Å². The Bertz CT molecular complexity index is 460. The standard InChI is InChI=1S/C16H23ClN2O/c1-3-12(4-2)18-14-9-7-11-19(16(14)20)15-10-6-5-8-13(15)17/h5-6,8,10,12,14,18H,3-4,7,9,11H2,1-2H3/t14-/m0/s1. The molecule has 0 saturated carbocycles. The van der Waals surface area contributed by atoms with E-state index in [0.29, 0.717) is 11.1 Å². The van der Waals surface area contributed by atoms with Crippen LogP contribution in [-0.2, 0) is 4.79 Å². The van der Waals surface area contributed by atoms with Crippen molar-refractivity contribution in [1.82, 2.24) is 5.32 Å². The topological polar surface area (TPSA) is 32.3 Å². The molecule has 1 fully saturated rings. The largest absolute Gasteiger partial charge is 0.310 e. The van der Waals surface area contributed by atoms with Crippen molar-refractivity contribution in [2.24, 2.45) is 0 Å². The highest BCUT2D eigenvalue weighted by Gasteiger charge is 2.31. The predicted octanol–water partition coefficient (Wildman–Crippen LogP) is 3.61. The molecule has 1 saturated heterocycles. The second kappa shape index (κ2) is 7.09. The average molecular weight is 295 g/mol. The Morgan fingerprint density at radius 2 is 2.05 bits per heavy atom. The molecule has 0 unspecified atom stereocenters. The van der Waals surface area contributed by atoms with Crippen molar-refractivity contribution in [3.8, 4) is 0 Å². The van der Waals surface area contributed by atoms with Crippen LogP contribution in [0, 0.1) is 0 Å². The van der Waals surface area contributed by atoms with Crippen LogP contribution in [-0.4, -0.2) is 24.5 Å². The van der Waals surface area contributed by atoms with Gasteiger partial charge in [-0.3, -0.25) is 4.79 Å². The second-order valence-corrected chi connectivity index (χ2v) is 5.72. The third kappa shape index (κ3) is 3.33. The number of rotatable bonds is 5. The molecule has 1 aliphatic rings. The van der Waals surface area contributed by atoms with Gasteiger partial charge in [0.25, 0.3) is 0 Å². The molecule has 0 radical (unpaired) electrons. The van der Waals surface area contributed by atoms with Crippen LogP contribution >= 0.6 is 11.6 Å². The van der Waals surface area contributed by atoms with Crippen molar-refractivity contribution < 1.29 is 4.79 Å². The van der Waals surface area contributed by atoms with Crippen molar-refractivity contribution in [3.05, 3.63) is 29.3 Å². The molecule has 1 atom stereocenters. The Balaban J connectivity index is 2.13. The molecule has 0 aliphatic carbocycles. The molecular formula is C16H23ClN2O. The Labute approximate surface area is 126 Å². The van der Waals surface area contributed by atoms with Gasteiger partial charge in [0, 0.05) is 12.6 Å². The molecule has 0 bridgehead atoms. The number of anilines is 1. The first-order valence-corrected chi connectivity index (χ1v) is 7.87. The average Bonchev–Trinajstić information content (AvgIpc) is 2.47. The number of hydrogen-bond acceptors (Lipinski definition) is 2. The second-order valence-electron chi connectivity index (χ2n) is 5.32. The number of halogens is 1. The first-order valence-electron chi connectivity index (χ1n) is 7.49. The van der Waals surface area contributed by atoms with Crippen molar-refractivity contribution in [3.63, 3.8) is 0 Å². The summed E-state index contributed by atoms with van der Waals surface area (Å²) in [5, 5.41) is 4.13. The van der Waals surface area contributed by atoms with E-state index < -0.39 is 0 Å². The monoisotopic (exact) mass is 294 g/mol. The zero-order valence-electron chi connectivity index (χ0n) is 12.2. The van der Waals surface area contributed by atoms with Crippen LogP contribution in [0.4, 0.5) is 5.69 Å². The van der Waals surface area contributed by atoms with Gasteiger partial charge in [-0.15, -0.1) is 0 Å². The van der Waals surface area contributed by atoms with Gasteiger partial charge in [-0.05, 0) is 37.8 Å². The minimum Gasteiger partial charge on any atom is -0.310 e. The normalized spacial score (nSPS) is 19.7. The van der Waals surface area contributed by atoms with Crippen LogP contribution in [0.3, 0.4) is 0 Å². The molecule has 1 aromatic carbocycles. The third-order valence-electron chi connectivity index (χ3n) is 4.00. The lowest BCUT2D eigenvalue weighted by atomic mass is 10.0. The summed E-state index contributed by atoms with van der Waals surface area (Å²) in [4.78, 5) is 14.5. The van der Waals surface area contributed by atoms with E-state index in [4.69, 9.17) is 11.6 Å². The Hall–Kier alpha value is -1.06. The summed E-state index contributed by atoms with van der Waals surface area (Å²) in [6.45, 7) is 5.06. The molecule has 1 aliphatic heterocycles. The van der Waals surface area contributed by atoms with E-state index >= 15 is 0 Å². The van der Waals surface area contributed by atoms with E-state index in [1.807, 2.05) is 29.2 Å². The molecule has 110 valence electrons. The minimum absolute atomic E-state index is 0.0788. The van der Waals surface area contributed by atoms with Gasteiger partial charge < -0.3 is 10.2 Å². The molecule has 2 rings (SSSR count). The maximum absolute atomic E-state index is 12.7. The van der Waals surface area contributed by atoms with Crippen LogP contribution in [0.5, 0.6) is 0 Å². The summed E-state index contributed by atoms with van der Waals surface area (Å²) >= 11 is 6.22. The lowest BCUT2D eigenvalue weighted by molar-refractivity contribution is -0.122. The smallest absolute Gasteiger partial charge is 0.244 e.